The first-order valence-electron chi connectivity index (χ1n) is 7.56. The Balaban J connectivity index is 1.58. The molecule has 1 aliphatic rings. The van der Waals surface area contributed by atoms with Gasteiger partial charge in [0.25, 0.3) is 5.91 Å². The number of carbonyl (C=O) groups excluding carboxylic acids is 1. The van der Waals surface area contributed by atoms with Crippen molar-refractivity contribution < 1.29 is 13.2 Å². The van der Waals surface area contributed by atoms with E-state index in [0.29, 0.717) is 5.56 Å². The number of carbonyl (C=O) groups is 1. The van der Waals surface area contributed by atoms with Gasteiger partial charge in [-0.2, -0.15) is 0 Å². The van der Waals surface area contributed by atoms with Gasteiger partial charge in [0.15, 0.2) is 9.84 Å². The van der Waals surface area contributed by atoms with E-state index in [1.165, 1.54) is 0 Å². The quantitative estimate of drug-likeness (QED) is 0.761. The molecule has 0 radical (unpaired) electrons. The molecule has 1 amide bonds. The molecule has 1 aliphatic heterocycles. The molecule has 1 aromatic heterocycles. The van der Waals surface area contributed by atoms with Crippen LogP contribution in [0, 0.1) is 6.92 Å². The maximum atomic E-state index is 12.4. The first-order valence-corrected chi connectivity index (χ1v) is 11.3. The van der Waals surface area contributed by atoms with E-state index in [4.69, 9.17) is 0 Å². The van der Waals surface area contributed by atoms with Crippen molar-refractivity contribution in [2.24, 2.45) is 0 Å². The SMILES string of the molecule is Cc1nc(CSc2ccc(C(=O)N3CCS(=O)(=O)CC3)cc2)cs1. The van der Waals surface area contributed by atoms with E-state index in [-0.39, 0.29) is 30.5 Å². The van der Waals surface area contributed by atoms with Gasteiger partial charge in [-0.05, 0) is 31.2 Å². The molecule has 0 unspecified atom stereocenters. The number of benzene rings is 1. The van der Waals surface area contributed by atoms with Gasteiger partial charge in [0.05, 0.1) is 22.2 Å². The summed E-state index contributed by atoms with van der Waals surface area (Å²) in [5, 5.41) is 3.13. The number of hydrogen-bond donors (Lipinski definition) is 0. The second kappa shape index (κ2) is 7.25. The topological polar surface area (TPSA) is 67.3 Å². The minimum atomic E-state index is -2.97. The van der Waals surface area contributed by atoms with Gasteiger partial charge in [0.2, 0.25) is 0 Å². The summed E-state index contributed by atoms with van der Waals surface area (Å²) in [6.07, 6.45) is 0. The molecule has 1 fully saturated rings. The fourth-order valence-electron chi connectivity index (χ4n) is 2.42. The third-order valence-corrected chi connectivity index (χ3v) is 7.26. The van der Waals surface area contributed by atoms with E-state index in [1.54, 1.807) is 40.1 Å². The van der Waals surface area contributed by atoms with Crippen LogP contribution in [0.1, 0.15) is 21.1 Å². The summed E-state index contributed by atoms with van der Waals surface area (Å²) in [6.45, 7) is 2.55. The molecule has 0 saturated carbocycles. The lowest BCUT2D eigenvalue weighted by Crippen LogP contribution is -2.43. The monoisotopic (exact) mass is 382 g/mol. The molecule has 24 heavy (non-hydrogen) atoms. The van der Waals surface area contributed by atoms with Crippen LogP contribution in [0.3, 0.4) is 0 Å². The van der Waals surface area contributed by atoms with Crippen LogP contribution in [0.2, 0.25) is 0 Å². The lowest BCUT2D eigenvalue weighted by Gasteiger charge is -2.26. The van der Waals surface area contributed by atoms with Gasteiger partial charge < -0.3 is 4.90 Å². The molecule has 0 aliphatic carbocycles. The fraction of sp³-hybridized carbons (Fsp3) is 0.375. The van der Waals surface area contributed by atoms with Crippen molar-refractivity contribution in [1.29, 1.82) is 0 Å². The number of thioether (sulfide) groups is 1. The molecule has 0 spiro atoms. The van der Waals surface area contributed by atoms with Gasteiger partial charge in [-0.3, -0.25) is 4.79 Å². The predicted octanol–water partition coefficient (Wildman–Crippen LogP) is 2.61. The standard InChI is InChI=1S/C16H18N2O3S3/c1-12-17-14(10-22-12)11-23-15-4-2-13(3-5-15)16(19)18-6-8-24(20,21)9-7-18/h2-5,10H,6-9,11H2,1H3. The first-order chi connectivity index (χ1) is 11.4. The minimum Gasteiger partial charge on any atom is -0.337 e. The minimum absolute atomic E-state index is 0.0553. The maximum Gasteiger partial charge on any atom is 0.253 e. The zero-order chi connectivity index (χ0) is 17.2. The van der Waals surface area contributed by atoms with Gasteiger partial charge in [-0.1, -0.05) is 0 Å². The van der Waals surface area contributed by atoms with Crippen LogP contribution < -0.4 is 0 Å². The van der Waals surface area contributed by atoms with E-state index in [0.717, 1.165) is 21.3 Å². The molecule has 1 saturated heterocycles. The first kappa shape index (κ1) is 17.4. The number of sulfone groups is 1. The molecule has 0 N–H and O–H groups in total. The lowest BCUT2D eigenvalue weighted by molar-refractivity contribution is 0.0770. The number of nitrogens with zero attached hydrogens (tertiary/aromatic N) is 2. The Morgan fingerprint density at radius 1 is 1.25 bits per heavy atom. The van der Waals surface area contributed by atoms with Crippen molar-refractivity contribution >= 4 is 38.8 Å². The Kier molecular flexibility index (Phi) is 5.27. The maximum absolute atomic E-state index is 12.4. The van der Waals surface area contributed by atoms with Crippen LogP contribution in [0.15, 0.2) is 34.5 Å². The largest absolute Gasteiger partial charge is 0.337 e. The van der Waals surface area contributed by atoms with Crippen molar-refractivity contribution in [3.63, 3.8) is 0 Å². The average molecular weight is 383 g/mol. The lowest BCUT2D eigenvalue weighted by atomic mass is 10.2. The van der Waals surface area contributed by atoms with Gasteiger partial charge in [0, 0.05) is 34.7 Å². The van der Waals surface area contributed by atoms with Gasteiger partial charge >= 0.3 is 0 Å². The highest BCUT2D eigenvalue weighted by atomic mass is 32.2. The summed E-state index contributed by atoms with van der Waals surface area (Å²) in [4.78, 5) is 19.5. The number of aromatic nitrogens is 1. The highest BCUT2D eigenvalue weighted by Crippen LogP contribution is 2.24. The summed E-state index contributed by atoms with van der Waals surface area (Å²) < 4.78 is 22.9. The van der Waals surface area contributed by atoms with Crippen LogP contribution in [-0.4, -0.2) is 48.8 Å². The molecule has 3 rings (SSSR count). The summed E-state index contributed by atoms with van der Waals surface area (Å²) in [5.41, 5.74) is 1.67. The van der Waals surface area contributed by atoms with Crippen LogP contribution >= 0.6 is 23.1 Å². The van der Waals surface area contributed by atoms with Crippen molar-refractivity contribution in [3.05, 3.63) is 45.9 Å². The van der Waals surface area contributed by atoms with Gasteiger partial charge in [-0.25, -0.2) is 13.4 Å². The van der Waals surface area contributed by atoms with E-state index in [9.17, 15) is 13.2 Å². The molecule has 0 bridgehead atoms. The highest BCUT2D eigenvalue weighted by molar-refractivity contribution is 7.98. The highest BCUT2D eigenvalue weighted by Gasteiger charge is 2.25. The van der Waals surface area contributed by atoms with Crippen molar-refractivity contribution in [3.8, 4) is 0 Å². The number of amides is 1. The summed E-state index contributed by atoms with van der Waals surface area (Å²) in [6, 6.07) is 7.47. The molecule has 1 aromatic carbocycles. The number of hydrogen-bond acceptors (Lipinski definition) is 6. The normalized spacial score (nSPS) is 17.0. The molecule has 8 heteroatoms. The molecule has 5 nitrogen and oxygen atoms in total. The summed E-state index contributed by atoms with van der Waals surface area (Å²) >= 11 is 3.33. The summed E-state index contributed by atoms with van der Waals surface area (Å²) in [7, 11) is -2.97. The van der Waals surface area contributed by atoms with E-state index in [2.05, 4.69) is 10.4 Å². The van der Waals surface area contributed by atoms with E-state index >= 15 is 0 Å². The van der Waals surface area contributed by atoms with E-state index < -0.39 is 9.84 Å². The Hall–Kier alpha value is -1.38. The van der Waals surface area contributed by atoms with Crippen LogP contribution in [0.25, 0.3) is 0 Å². The average Bonchev–Trinajstić information content (AvgIpc) is 2.98. The number of aryl methyl sites for hydroxylation is 1. The molecule has 2 heterocycles. The van der Waals surface area contributed by atoms with Crippen molar-refractivity contribution in [1.82, 2.24) is 9.88 Å². The van der Waals surface area contributed by atoms with Crippen LogP contribution in [0.5, 0.6) is 0 Å². The second-order valence-corrected chi connectivity index (χ2v) is 10.0. The number of thiazole rings is 1. The summed E-state index contributed by atoms with van der Waals surface area (Å²) in [5.74, 6) is 0.817. The number of rotatable bonds is 4. The Morgan fingerprint density at radius 3 is 2.50 bits per heavy atom. The van der Waals surface area contributed by atoms with Crippen molar-refractivity contribution in [2.45, 2.75) is 17.6 Å². The third kappa shape index (κ3) is 4.37. The van der Waals surface area contributed by atoms with Gasteiger partial charge in [0.1, 0.15) is 0 Å². The second-order valence-electron chi connectivity index (χ2n) is 5.61. The Morgan fingerprint density at radius 2 is 1.92 bits per heavy atom. The zero-order valence-corrected chi connectivity index (χ0v) is 15.7. The Bertz CT molecular complexity index is 815. The van der Waals surface area contributed by atoms with Crippen molar-refractivity contribution in [2.75, 3.05) is 24.6 Å². The predicted molar refractivity (Wildman–Crippen MR) is 97.4 cm³/mol. The molecule has 2 aromatic rings. The molecule has 0 atom stereocenters. The van der Waals surface area contributed by atoms with Gasteiger partial charge in [-0.15, -0.1) is 23.1 Å². The van der Waals surface area contributed by atoms with Crippen LogP contribution in [-0.2, 0) is 15.6 Å². The fourth-order valence-corrected chi connectivity index (χ4v) is 5.13. The smallest absolute Gasteiger partial charge is 0.253 e. The third-order valence-electron chi connectivity index (χ3n) is 3.79. The van der Waals surface area contributed by atoms with Crippen LogP contribution in [0.4, 0.5) is 0 Å². The zero-order valence-electron chi connectivity index (χ0n) is 13.3. The Labute approximate surface area is 150 Å². The molecule has 128 valence electrons. The molecular weight excluding hydrogens is 364 g/mol. The van der Waals surface area contributed by atoms with E-state index in [1.807, 2.05) is 19.1 Å². The molecular formula is C16H18N2O3S3.